The summed E-state index contributed by atoms with van der Waals surface area (Å²) in [5.74, 6) is 0.459. The van der Waals surface area contributed by atoms with E-state index in [9.17, 15) is 4.39 Å². The molecule has 1 aromatic heterocycles. The molecule has 3 rings (SSSR count). The van der Waals surface area contributed by atoms with Gasteiger partial charge in [-0.05, 0) is 42.5 Å². The maximum absolute atomic E-state index is 12.9. The lowest BCUT2D eigenvalue weighted by Gasteiger charge is -2.10. The summed E-state index contributed by atoms with van der Waals surface area (Å²) >= 11 is 12.1. The Hall–Kier alpha value is -1.84. The summed E-state index contributed by atoms with van der Waals surface area (Å²) in [4.78, 5) is 4.07. The predicted molar refractivity (Wildman–Crippen MR) is 78.2 cm³/mol. The van der Waals surface area contributed by atoms with Gasteiger partial charge in [-0.15, -0.1) is 0 Å². The highest BCUT2D eigenvalue weighted by molar-refractivity contribution is 6.39. The maximum Gasteiger partial charge on any atom is 0.139 e. The van der Waals surface area contributed by atoms with Gasteiger partial charge >= 0.3 is 0 Å². The van der Waals surface area contributed by atoms with Gasteiger partial charge in [0.15, 0.2) is 0 Å². The smallest absolute Gasteiger partial charge is 0.139 e. The molecule has 0 saturated carbocycles. The molecule has 0 aliphatic rings. The van der Waals surface area contributed by atoms with Gasteiger partial charge in [0.25, 0.3) is 0 Å². The molecule has 0 saturated heterocycles. The Bertz CT molecular complexity index is 819. The van der Waals surface area contributed by atoms with E-state index in [0.717, 1.165) is 0 Å². The highest BCUT2D eigenvalue weighted by atomic mass is 35.5. The lowest BCUT2D eigenvalue weighted by molar-refractivity contribution is 0.485. The SMILES string of the molecule is [2H]c1cc(Oc2ccc(F)cc2)c2c(Cl)cc(Cl)cc2n1. The van der Waals surface area contributed by atoms with E-state index >= 15 is 0 Å². The normalized spacial score (nSPS) is 11.4. The topological polar surface area (TPSA) is 22.1 Å². The standard InChI is InChI=1S/C15H8Cl2FNO/c16-9-7-12(17)15-13(8-9)19-6-5-14(15)20-11-3-1-10(18)2-4-11/h1-8H/i6D. The first-order valence-electron chi connectivity index (χ1n) is 6.23. The summed E-state index contributed by atoms with van der Waals surface area (Å²) < 4.78 is 26.3. The molecule has 0 amide bonds. The highest BCUT2D eigenvalue weighted by Gasteiger charge is 2.10. The van der Waals surface area contributed by atoms with Gasteiger partial charge in [0.05, 0.1) is 17.3 Å². The van der Waals surface area contributed by atoms with Gasteiger partial charge in [-0.25, -0.2) is 4.39 Å². The Kier molecular flexibility index (Phi) is 3.15. The van der Waals surface area contributed by atoms with Crippen molar-refractivity contribution in [3.8, 4) is 11.5 Å². The maximum atomic E-state index is 12.9. The molecule has 0 unspecified atom stereocenters. The highest BCUT2D eigenvalue weighted by Crippen LogP contribution is 2.35. The number of hydrogen-bond acceptors (Lipinski definition) is 2. The van der Waals surface area contributed by atoms with Crippen LogP contribution in [0.25, 0.3) is 10.9 Å². The zero-order valence-electron chi connectivity index (χ0n) is 11.0. The third-order valence-electron chi connectivity index (χ3n) is 2.70. The second kappa shape index (κ2) is 5.27. The van der Waals surface area contributed by atoms with E-state index < -0.39 is 0 Å². The van der Waals surface area contributed by atoms with Crippen molar-refractivity contribution in [2.24, 2.45) is 0 Å². The molecule has 0 fully saturated rings. The second-order valence-electron chi connectivity index (χ2n) is 4.09. The molecule has 0 bridgehead atoms. The largest absolute Gasteiger partial charge is 0.457 e. The van der Waals surface area contributed by atoms with E-state index in [1.54, 1.807) is 12.1 Å². The second-order valence-corrected chi connectivity index (χ2v) is 4.93. The van der Waals surface area contributed by atoms with Gasteiger partial charge in [0, 0.05) is 11.2 Å². The number of fused-ring (bicyclic) bond motifs is 1. The molecule has 5 heteroatoms. The van der Waals surface area contributed by atoms with E-state index in [0.29, 0.717) is 32.4 Å². The molecule has 1 heterocycles. The average Bonchev–Trinajstić information content (AvgIpc) is 2.40. The summed E-state index contributed by atoms with van der Waals surface area (Å²) in [7, 11) is 0. The minimum atomic E-state index is -0.354. The van der Waals surface area contributed by atoms with Crippen molar-refractivity contribution in [3.63, 3.8) is 0 Å². The van der Waals surface area contributed by atoms with E-state index in [4.69, 9.17) is 29.3 Å². The first-order chi connectivity index (χ1) is 10.0. The monoisotopic (exact) mass is 308 g/mol. The van der Waals surface area contributed by atoms with E-state index in [1.165, 1.54) is 30.3 Å². The summed E-state index contributed by atoms with van der Waals surface area (Å²) in [6, 6.07) is 10.2. The summed E-state index contributed by atoms with van der Waals surface area (Å²) in [6.07, 6.45) is 0.0259. The molecular formula is C15H8Cl2FNO. The Morgan fingerprint density at radius 3 is 2.60 bits per heavy atom. The van der Waals surface area contributed by atoms with Crippen molar-refractivity contribution in [1.82, 2.24) is 4.98 Å². The van der Waals surface area contributed by atoms with Gasteiger partial charge < -0.3 is 4.74 Å². The molecule has 20 heavy (non-hydrogen) atoms. The molecule has 0 atom stereocenters. The molecule has 3 aromatic rings. The van der Waals surface area contributed by atoms with Crippen LogP contribution in [0.3, 0.4) is 0 Å². The third-order valence-corrected chi connectivity index (χ3v) is 3.22. The third kappa shape index (κ3) is 2.55. The minimum absolute atomic E-state index is 0.0259. The molecule has 0 radical (unpaired) electrons. The van der Waals surface area contributed by atoms with Crippen LogP contribution in [0, 0.1) is 5.82 Å². The Morgan fingerprint density at radius 2 is 1.85 bits per heavy atom. The average molecular weight is 309 g/mol. The Morgan fingerprint density at radius 1 is 1.10 bits per heavy atom. The number of nitrogens with zero attached hydrogens (tertiary/aromatic N) is 1. The molecule has 2 aromatic carbocycles. The van der Waals surface area contributed by atoms with Crippen LogP contribution in [0.1, 0.15) is 1.37 Å². The van der Waals surface area contributed by atoms with Gasteiger partial charge in [0.1, 0.15) is 17.3 Å². The number of rotatable bonds is 2. The Labute approximate surface area is 126 Å². The van der Waals surface area contributed by atoms with Crippen LogP contribution < -0.4 is 4.74 Å². The van der Waals surface area contributed by atoms with Gasteiger partial charge in [-0.1, -0.05) is 23.2 Å². The number of hydrogen-bond donors (Lipinski definition) is 0. The van der Waals surface area contributed by atoms with Crippen LogP contribution >= 0.6 is 23.2 Å². The van der Waals surface area contributed by atoms with E-state index in [2.05, 4.69) is 4.98 Å². The van der Waals surface area contributed by atoms with Gasteiger partial charge in [-0.3, -0.25) is 4.98 Å². The van der Waals surface area contributed by atoms with Crippen molar-refractivity contribution in [3.05, 3.63) is 64.5 Å². The Balaban J connectivity index is 2.15. The molecule has 2 nitrogen and oxygen atoms in total. The van der Waals surface area contributed by atoms with Crippen molar-refractivity contribution >= 4 is 34.1 Å². The van der Waals surface area contributed by atoms with Crippen LogP contribution in [-0.2, 0) is 0 Å². The first-order valence-corrected chi connectivity index (χ1v) is 6.48. The van der Waals surface area contributed by atoms with Gasteiger partial charge in [-0.2, -0.15) is 0 Å². The fraction of sp³-hybridized carbons (Fsp3) is 0. The summed E-state index contributed by atoms with van der Waals surface area (Å²) in [5, 5.41) is 1.36. The van der Waals surface area contributed by atoms with Crippen molar-refractivity contribution in [2.45, 2.75) is 0 Å². The van der Waals surface area contributed by atoms with E-state index in [-0.39, 0.29) is 12.0 Å². The zero-order valence-corrected chi connectivity index (χ0v) is 11.5. The summed E-state index contributed by atoms with van der Waals surface area (Å²) in [6.45, 7) is 0. The van der Waals surface area contributed by atoms with E-state index in [1.807, 2.05) is 0 Å². The fourth-order valence-corrected chi connectivity index (χ4v) is 2.41. The first kappa shape index (κ1) is 11.9. The number of aromatic nitrogens is 1. The number of pyridine rings is 1. The summed E-state index contributed by atoms with van der Waals surface area (Å²) in [5.41, 5.74) is 0.470. The number of benzene rings is 2. The molecular weight excluding hydrogens is 300 g/mol. The molecule has 0 spiro atoms. The van der Waals surface area contributed by atoms with Crippen LogP contribution in [0.4, 0.5) is 4.39 Å². The molecule has 0 N–H and O–H groups in total. The fourth-order valence-electron chi connectivity index (χ4n) is 1.83. The minimum Gasteiger partial charge on any atom is -0.457 e. The molecule has 100 valence electrons. The molecule has 0 aliphatic heterocycles. The van der Waals surface area contributed by atoms with Crippen molar-refractivity contribution in [2.75, 3.05) is 0 Å². The van der Waals surface area contributed by atoms with Crippen molar-refractivity contribution < 1.29 is 10.5 Å². The van der Waals surface area contributed by atoms with Crippen LogP contribution in [0.2, 0.25) is 10.0 Å². The predicted octanol–water partition coefficient (Wildman–Crippen LogP) is 5.47. The zero-order chi connectivity index (χ0) is 15.0. The lowest BCUT2D eigenvalue weighted by Crippen LogP contribution is -1.89. The lowest BCUT2D eigenvalue weighted by atomic mass is 10.2. The number of ether oxygens (including phenoxy) is 1. The van der Waals surface area contributed by atoms with Crippen LogP contribution in [0.5, 0.6) is 11.5 Å². The quantitative estimate of drug-likeness (QED) is 0.626. The van der Waals surface area contributed by atoms with Crippen molar-refractivity contribution in [1.29, 1.82) is 0 Å². The number of halogens is 3. The van der Waals surface area contributed by atoms with Crippen LogP contribution in [0.15, 0.2) is 48.6 Å². The van der Waals surface area contributed by atoms with Gasteiger partial charge in [0.2, 0.25) is 0 Å². The van der Waals surface area contributed by atoms with Crippen LogP contribution in [-0.4, -0.2) is 4.98 Å². The molecule has 0 aliphatic carbocycles.